The molecule has 2 N–H and O–H groups in total. The molecule has 2 aromatic rings. The van der Waals surface area contributed by atoms with Crippen LogP contribution < -0.4 is 10.6 Å². The zero-order valence-electron chi connectivity index (χ0n) is 16.0. The summed E-state index contributed by atoms with van der Waals surface area (Å²) in [5.74, 6) is 1.63. The Morgan fingerprint density at radius 3 is 2.96 bits per heavy atom. The van der Waals surface area contributed by atoms with E-state index < -0.39 is 0 Å². The minimum absolute atomic E-state index is 0.130. The van der Waals surface area contributed by atoms with Gasteiger partial charge in [0.2, 0.25) is 11.9 Å². The lowest BCUT2D eigenvalue weighted by Crippen LogP contribution is -2.40. The fraction of sp³-hybridized carbons (Fsp3) is 0.526. The van der Waals surface area contributed by atoms with E-state index in [9.17, 15) is 10.1 Å². The van der Waals surface area contributed by atoms with Crippen molar-refractivity contribution in [1.82, 2.24) is 19.9 Å². The van der Waals surface area contributed by atoms with Crippen LogP contribution in [-0.4, -0.2) is 51.4 Å². The number of aromatic nitrogens is 3. The average molecular weight is 367 g/mol. The summed E-state index contributed by atoms with van der Waals surface area (Å²) < 4.78 is 0. The number of carbonyl (C=O) groups is 1. The zero-order chi connectivity index (χ0) is 19.4. The summed E-state index contributed by atoms with van der Waals surface area (Å²) in [6, 6.07) is 3.93. The zero-order valence-corrected chi connectivity index (χ0v) is 16.0. The van der Waals surface area contributed by atoms with Crippen LogP contribution in [0.2, 0.25) is 0 Å². The van der Waals surface area contributed by atoms with Crippen LogP contribution in [0.15, 0.2) is 12.3 Å². The molecule has 27 heavy (non-hydrogen) atoms. The van der Waals surface area contributed by atoms with E-state index in [1.165, 1.54) is 0 Å². The standard InChI is InChI=1S/C19H25N7O/c1-12(2)23-18-17-15(7-16(8-20)24-18)10-22-19(25-17)21-9-14-5-4-6-26(11-14)13(3)27/h7,10,12,14H,4-6,9,11H2,1-3H3,(H,23,24)(H,21,22,25). The van der Waals surface area contributed by atoms with Gasteiger partial charge in [-0.15, -0.1) is 0 Å². The van der Waals surface area contributed by atoms with Gasteiger partial charge < -0.3 is 15.5 Å². The van der Waals surface area contributed by atoms with E-state index in [4.69, 9.17) is 0 Å². The van der Waals surface area contributed by atoms with Gasteiger partial charge in [-0.3, -0.25) is 4.79 Å². The molecular formula is C19H25N7O. The quantitative estimate of drug-likeness (QED) is 0.835. The highest BCUT2D eigenvalue weighted by molar-refractivity contribution is 5.89. The van der Waals surface area contributed by atoms with E-state index in [0.29, 0.717) is 35.4 Å². The highest BCUT2D eigenvalue weighted by Gasteiger charge is 2.21. The Bertz CT molecular complexity index is 874. The first-order chi connectivity index (χ1) is 13.0. The summed E-state index contributed by atoms with van der Waals surface area (Å²) in [5.41, 5.74) is 1.02. The molecule has 1 saturated heterocycles. The third-order valence-corrected chi connectivity index (χ3v) is 4.62. The van der Waals surface area contributed by atoms with Crippen molar-refractivity contribution in [3.05, 3.63) is 18.0 Å². The Kier molecular flexibility index (Phi) is 5.69. The molecule has 1 aliphatic rings. The highest BCUT2D eigenvalue weighted by atomic mass is 16.2. The van der Waals surface area contributed by atoms with Gasteiger partial charge in [0.15, 0.2) is 5.82 Å². The van der Waals surface area contributed by atoms with Crippen LogP contribution in [-0.2, 0) is 4.79 Å². The molecule has 1 amide bonds. The van der Waals surface area contributed by atoms with E-state index in [2.05, 4.69) is 31.7 Å². The maximum atomic E-state index is 11.6. The molecule has 2 aromatic heterocycles. The number of pyridine rings is 1. The van der Waals surface area contributed by atoms with Gasteiger partial charge in [-0.25, -0.2) is 15.0 Å². The molecule has 3 heterocycles. The Morgan fingerprint density at radius 2 is 2.26 bits per heavy atom. The number of anilines is 2. The predicted molar refractivity (Wildman–Crippen MR) is 104 cm³/mol. The lowest BCUT2D eigenvalue weighted by Gasteiger charge is -2.32. The van der Waals surface area contributed by atoms with Crippen molar-refractivity contribution in [3.63, 3.8) is 0 Å². The smallest absolute Gasteiger partial charge is 0.223 e. The first-order valence-electron chi connectivity index (χ1n) is 9.30. The molecule has 1 fully saturated rings. The number of hydrogen-bond donors (Lipinski definition) is 2. The van der Waals surface area contributed by atoms with Gasteiger partial charge in [0.25, 0.3) is 0 Å². The maximum absolute atomic E-state index is 11.6. The number of likely N-dealkylation sites (tertiary alicyclic amines) is 1. The number of rotatable bonds is 5. The molecule has 1 unspecified atom stereocenters. The molecule has 0 aliphatic carbocycles. The number of carbonyl (C=O) groups excluding carboxylic acids is 1. The number of nitriles is 1. The SMILES string of the molecule is CC(=O)N1CCCC(CNc2ncc3cc(C#N)nc(NC(C)C)c3n2)C1. The van der Waals surface area contributed by atoms with Crippen LogP contribution in [0.5, 0.6) is 0 Å². The van der Waals surface area contributed by atoms with E-state index >= 15 is 0 Å². The molecule has 8 nitrogen and oxygen atoms in total. The van der Waals surface area contributed by atoms with Crippen molar-refractivity contribution >= 4 is 28.6 Å². The summed E-state index contributed by atoms with van der Waals surface area (Å²) in [5, 5.41) is 16.5. The maximum Gasteiger partial charge on any atom is 0.223 e. The van der Waals surface area contributed by atoms with Gasteiger partial charge in [0.1, 0.15) is 17.3 Å². The van der Waals surface area contributed by atoms with E-state index in [1.54, 1.807) is 19.2 Å². The highest BCUT2D eigenvalue weighted by Crippen LogP contribution is 2.23. The lowest BCUT2D eigenvalue weighted by molar-refractivity contribution is -0.130. The van der Waals surface area contributed by atoms with Gasteiger partial charge in [-0.05, 0) is 38.7 Å². The van der Waals surface area contributed by atoms with E-state index in [1.807, 2.05) is 18.7 Å². The molecule has 8 heteroatoms. The Hall–Kier alpha value is -2.95. The molecule has 142 valence electrons. The number of piperidine rings is 1. The van der Waals surface area contributed by atoms with Crippen LogP contribution in [0.1, 0.15) is 39.3 Å². The predicted octanol–water partition coefficient (Wildman–Crippen LogP) is 2.39. The number of hydrogen-bond acceptors (Lipinski definition) is 7. The second kappa shape index (κ2) is 8.16. The lowest BCUT2D eigenvalue weighted by atomic mass is 9.98. The fourth-order valence-corrected chi connectivity index (χ4v) is 3.31. The van der Waals surface area contributed by atoms with Crippen molar-refractivity contribution in [2.24, 2.45) is 5.92 Å². The van der Waals surface area contributed by atoms with E-state index in [-0.39, 0.29) is 11.9 Å². The Morgan fingerprint density at radius 1 is 1.44 bits per heavy atom. The third kappa shape index (κ3) is 4.61. The van der Waals surface area contributed by atoms with Gasteiger partial charge in [0, 0.05) is 44.2 Å². The molecule has 0 bridgehead atoms. The minimum atomic E-state index is 0.130. The molecule has 3 rings (SSSR count). The molecule has 0 aromatic carbocycles. The second-order valence-corrected chi connectivity index (χ2v) is 7.25. The molecule has 0 spiro atoms. The van der Waals surface area contributed by atoms with Crippen LogP contribution in [0.25, 0.3) is 10.9 Å². The number of nitrogens with one attached hydrogen (secondary N) is 2. The van der Waals surface area contributed by atoms with Crippen LogP contribution in [0.4, 0.5) is 11.8 Å². The summed E-state index contributed by atoms with van der Waals surface area (Å²) in [6.07, 6.45) is 3.81. The van der Waals surface area contributed by atoms with Crippen molar-refractivity contribution in [2.45, 2.75) is 39.7 Å². The number of nitrogens with zero attached hydrogens (tertiary/aromatic N) is 5. The monoisotopic (exact) mass is 367 g/mol. The number of amides is 1. The van der Waals surface area contributed by atoms with Gasteiger partial charge >= 0.3 is 0 Å². The largest absolute Gasteiger partial charge is 0.366 e. The summed E-state index contributed by atoms with van der Waals surface area (Å²) in [6.45, 7) is 7.96. The summed E-state index contributed by atoms with van der Waals surface area (Å²) in [4.78, 5) is 26.8. The van der Waals surface area contributed by atoms with Crippen LogP contribution in [0, 0.1) is 17.2 Å². The van der Waals surface area contributed by atoms with Gasteiger partial charge in [0.05, 0.1) is 0 Å². The average Bonchev–Trinajstić information content (AvgIpc) is 2.66. The van der Waals surface area contributed by atoms with Crippen LogP contribution in [0.3, 0.4) is 0 Å². The topological polar surface area (TPSA) is 107 Å². The molecule has 0 saturated carbocycles. The molecule has 1 aliphatic heterocycles. The van der Waals surface area contributed by atoms with Gasteiger partial charge in [-0.1, -0.05) is 0 Å². The summed E-state index contributed by atoms with van der Waals surface area (Å²) in [7, 11) is 0. The van der Waals surface area contributed by atoms with Gasteiger partial charge in [-0.2, -0.15) is 5.26 Å². The third-order valence-electron chi connectivity index (χ3n) is 4.62. The molecular weight excluding hydrogens is 342 g/mol. The second-order valence-electron chi connectivity index (χ2n) is 7.25. The summed E-state index contributed by atoms with van der Waals surface area (Å²) >= 11 is 0. The number of fused-ring (bicyclic) bond motifs is 1. The van der Waals surface area contributed by atoms with Crippen molar-refractivity contribution in [1.29, 1.82) is 5.26 Å². The van der Waals surface area contributed by atoms with E-state index in [0.717, 1.165) is 31.3 Å². The molecule has 0 radical (unpaired) electrons. The fourth-order valence-electron chi connectivity index (χ4n) is 3.31. The first kappa shape index (κ1) is 18.8. The van der Waals surface area contributed by atoms with Crippen LogP contribution >= 0.6 is 0 Å². The van der Waals surface area contributed by atoms with Crippen molar-refractivity contribution < 1.29 is 4.79 Å². The van der Waals surface area contributed by atoms with Crippen molar-refractivity contribution in [2.75, 3.05) is 30.3 Å². The normalized spacial score (nSPS) is 17.0. The molecule has 1 atom stereocenters. The van der Waals surface area contributed by atoms with Crippen molar-refractivity contribution in [3.8, 4) is 6.07 Å². The Labute approximate surface area is 159 Å². The minimum Gasteiger partial charge on any atom is -0.366 e. The first-order valence-corrected chi connectivity index (χ1v) is 9.30. The Balaban J connectivity index is 1.77.